The Morgan fingerprint density at radius 1 is 1.45 bits per heavy atom. The Morgan fingerprint density at radius 2 is 2.25 bits per heavy atom. The summed E-state index contributed by atoms with van der Waals surface area (Å²) < 4.78 is 7.97. The zero-order valence-electron chi connectivity index (χ0n) is 12.3. The van der Waals surface area contributed by atoms with Gasteiger partial charge in [0.05, 0.1) is 23.9 Å². The van der Waals surface area contributed by atoms with Crippen LogP contribution in [0.3, 0.4) is 0 Å². The topological polar surface area (TPSA) is 65.1 Å². The van der Waals surface area contributed by atoms with E-state index in [1.807, 2.05) is 0 Å². The Bertz CT molecular complexity index is 427. The van der Waals surface area contributed by atoms with Crippen molar-refractivity contribution in [3.8, 4) is 0 Å². The van der Waals surface area contributed by atoms with Gasteiger partial charge in [-0.1, -0.05) is 19.8 Å². The van der Waals surface area contributed by atoms with E-state index < -0.39 is 0 Å². The highest BCUT2D eigenvalue weighted by atomic mass is 16.5. The Labute approximate surface area is 120 Å². The fourth-order valence-electron chi connectivity index (χ4n) is 3.58. The van der Waals surface area contributed by atoms with Gasteiger partial charge in [0.1, 0.15) is 0 Å². The number of nitrogens with one attached hydrogen (secondary N) is 1. The molecule has 1 aliphatic heterocycles. The van der Waals surface area contributed by atoms with Crippen LogP contribution in [0.2, 0.25) is 0 Å². The number of hydrazine groups is 1. The normalized spacial score (nSPS) is 29.1. The lowest BCUT2D eigenvalue weighted by Gasteiger charge is -2.24. The summed E-state index contributed by atoms with van der Waals surface area (Å²) in [5.74, 6) is 6.29. The maximum Gasteiger partial charge on any atom is 0.0771 e. The number of nitrogens with two attached hydrogens (primary N) is 1. The highest BCUT2D eigenvalue weighted by molar-refractivity contribution is 5.04. The third kappa shape index (κ3) is 2.90. The van der Waals surface area contributed by atoms with Crippen molar-refractivity contribution in [2.24, 2.45) is 11.8 Å². The molecule has 2 aliphatic rings. The summed E-state index contributed by atoms with van der Waals surface area (Å²) in [6, 6.07) is 2.89. The molecule has 3 unspecified atom stereocenters. The molecular formula is C15H26N4O. The number of ether oxygens (including phenoxy) is 1. The zero-order valence-corrected chi connectivity index (χ0v) is 12.3. The highest BCUT2D eigenvalue weighted by Crippen LogP contribution is 2.29. The van der Waals surface area contributed by atoms with Gasteiger partial charge >= 0.3 is 0 Å². The van der Waals surface area contributed by atoms with Crippen LogP contribution in [0.1, 0.15) is 50.8 Å². The van der Waals surface area contributed by atoms with Gasteiger partial charge in [0.2, 0.25) is 0 Å². The van der Waals surface area contributed by atoms with Crippen LogP contribution in [0.25, 0.3) is 0 Å². The molecule has 3 atom stereocenters. The Hall–Kier alpha value is -0.910. The second kappa shape index (κ2) is 6.24. The van der Waals surface area contributed by atoms with Crippen molar-refractivity contribution in [3.63, 3.8) is 0 Å². The molecule has 5 nitrogen and oxygen atoms in total. The van der Waals surface area contributed by atoms with Crippen molar-refractivity contribution in [2.75, 3.05) is 6.61 Å². The van der Waals surface area contributed by atoms with Gasteiger partial charge in [-0.2, -0.15) is 5.10 Å². The summed E-state index contributed by atoms with van der Waals surface area (Å²) in [7, 11) is 0. The van der Waals surface area contributed by atoms with E-state index in [1.165, 1.54) is 25.7 Å². The van der Waals surface area contributed by atoms with E-state index in [0.717, 1.165) is 25.1 Å². The molecule has 0 radical (unpaired) electrons. The molecular weight excluding hydrogens is 252 g/mol. The van der Waals surface area contributed by atoms with Gasteiger partial charge in [0, 0.05) is 19.2 Å². The summed E-state index contributed by atoms with van der Waals surface area (Å²) in [6.07, 6.45) is 9.49. The van der Waals surface area contributed by atoms with Crippen LogP contribution in [0.4, 0.5) is 0 Å². The fraction of sp³-hybridized carbons (Fsp3) is 0.800. The first kappa shape index (κ1) is 14.0. The molecule has 112 valence electrons. The second-order valence-corrected chi connectivity index (χ2v) is 6.30. The van der Waals surface area contributed by atoms with Gasteiger partial charge in [0.25, 0.3) is 0 Å². The Kier molecular flexibility index (Phi) is 4.38. The van der Waals surface area contributed by atoms with Crippen LogP contribution in [0.5, 0.6) is 0 Å². The third-order valence-corrected chi connectivity index (χ3v) is 4.85. The standard InChI is InChI=1S/C15H26N4O/c1-11-7-9-20-15(11)14(17-16)10-12-6-8-19(18-12)13-4-2-3-5-13/h6,8,11,13-15,17H,2-5,7,9-10,16H2,1H3. The van der Waals surface area contributed by atoms with Crippen molar-refractivity contribution < 1.29 is 4.74 Å². The fourth-order valence-corrected chi connectivity index (χ4v) is 3.58. The monoisotopic (exact) mass is 278 g/mol. The van der Waals surface area contributed by atoms with E-state index in [-0.39, 0.29) is 12.1 Å². The molecule has 2 fully saturated rings. The van der Waals surface area contributed by atoms with E-state index in [2.05, 4.69) is 29.3 Å². The number of rotatable bonds is 5. The van der Waals surface area contributed by atoms with Gasteiger partial charge in [-0.05, 0) is 31.2 Å². The first-order valence-electron chi connectivity index (χ1n) is 7.89. The molecule has 0 spiro atoms. The van der Waals surface area contributed by atoms with E-state index in [9.17, 15) is 0 Å². The summed E-state index contributed by atoms with van der Waals surface area (Å²) in [5.41, 5.74) is 4.04. The molecule has 0 bridgehead atoms. The second-order valence-electron chi connectivity index (χ2n) is 6.30. The number of hydrogen-bond acceptors (Lipinski definition) is 4. The molecule has 0 aromatic carbocycles. The summed E-state index contributed by atoms with van der Waals surface area (Å²) >= 11 is 0. The SMILES string of the molecule is CC1CCOC1C(Cc1ccn(C2CCCC2)n1)NN. The minimum Gasteiger partial charge on any atom is -0.376 e. The molecule has 1 aromatic rings. The molecule has 1 saturated heterocycles. The van der Waals surface area contributed by atoms with E-state index >= 15 is 0 Å². The lowest BCUT2D eigenvalue weighted by Crippen LogP contribution is -2.47. The van der Waals surface area contributed by atoms with E-state index in [0.29, 0.717) is 12.0 Å². The predicted molar refractivity (Wildman–Crippen MR) is 78.1 cm³/mol. The van der Waals surface area contributed by atoms with Crippen LogP contribution >= 0.6 is 0 Å². The van der Waals surface area contributed by atoms with Crippen molar-refractivity contribution in [1.82, 2.24) is 15.2 Å². The van der Waals surface area contributed by atoms with Crippen molar-refractivity contribution in [1.29, 1.82) is 0 Å². The van der Waals surface area contributed by atoms with Crippen LogP contribution in [-0.4, -0.2) is 28.5 Å². The summed E-state index contributed by atoms with van der Waals surface area (Å²) in [6.45, 7) is 3.08. The molecule has 5 heteroatoms. The maximum atomic E-state index is 5.82. The van der Waals surface area contributed by atoms with Crippen molar-refractivity contribution >= 4 is 0 Å². The molecule has 0 amide bonds. The van der Waals surface area contributed by atoms with Crippen LogP contribution in [-0.2, 0) is 11.2 Å². The molecule has 2 heterocycles. The summed E-state index contributed by atoms with van der Waals surface area (Å²) in [5, 5.41) is 4.74. The average molecular weight is 278 g/mol. The molecule has 3 N–H and O–H groups in total. The minimum atomic E-state index is 0.152. The Morgan fingerprint density at radius 3 is 2.90 bits per heavy atom. The average Bonchev–Trinajstić information content (AvgIpc) is 3.17. The number of nitrogens with zero attached hydrogens (tertiary/aromatic N) is 2. The van der Waals surface area contributed by atoms with E-state index in [1.54, 1.807) is 0 Å². The smallest absolute Gasteiger partial charge is 0.0771 e. The quantitative estimate of drug-likeness (QED) is 0.637. The van der Waals surface area contributed by atoms with E-state index in [4.69, 9.17) is 15.7 Å². The summed E-state index contributed by atoms with van der Waals surface area (Å²) in [4.78, 5) is 0. The van der Waals surface area contributed by atoms with Gasteiger partial charge in [0.15, 0.2) is 0 Å². The van der Waals surface area contributed by atoms with Crippen LogP contribution in [0, 0.1) is 5.92 Å². The number of hydrogen-bond donors (Lipinski definition) is 2. The van der Waals surface area contributed by atoms with Crippen LogP contribution in [0.15, 0.2) is 12.3 Å². The van der Waals surface area contributed by atoms with Gasteiger partial charge in [-0.25, -0.2) is 0 Å². The lowest BCUT2D eigenvalue weighted by atomic mass is 9.95. The molecule has 1 aliphatic carbocycles. The lowest BCUT2D eigenvalue weighted by molar-refractivity contribution is 0.0607. The van der Waals surface area contributed by atoms with Gasteiger partial charge < -0.3 is 4.74 Å². The third-order valence-electron chi connectivity index (χ3n) is 4.85. The highest BCUT2D eigenvalue weighted by Gasteiger charge is 2.32. The predicted octanol–water partition coefficient (Wildman–Crippen LogP) is 1.80. The zero-order chi connectivity index (χ0) is 13.9. The molecule has 3 rings (SSSR count). The Balaban J connectivity index is 1.63. The van der Waals surface area contributed by atoms with Crippen molar-refractivity contribution in [3.05, 3.63) is 18.0 Å². The molecule has 20 heavy (non-hydrogen) atoms. The largest absolute Gasteiger partial charge is 0.376 e. The maximum absolute atomic E-state index is 5.82. The first-order valence-corrected chi connectivity index (χ1v) is 7.89. The minimum absolute atomic E-state index is 0.152. The molecule has 1 saturated carbocycles. The first-order chi connectivity index (χ1) is 9.78. The number of aromatic nitrogens is 2. The van der Waals surface area contributed by atoms with Gasteiger partial charge in [-0.3, -0.25) is 16.0 Å². The molecule has 1 aromatic heterocycles. The van der Waals surface area contributed by atoms with Crippen LogP contribution < -0.4 is 11.3 Å². The van der Waals surface area contributed by atoms with Crippen molar-refractivity contribution in [2.45, 2.75) is 63.6 Å². The van der Waals surface area contributed by atoms with Gasteiger partial charge in [-0.15, -0.1) is 0 Å².